The Bertz CT molecular complexity index is 851. The molecule has 2 amide bonds. The molecule has 2 aromatic carbocycles. The van der Waals surface area contributed by atoms with Crippen molar-refractivity contribution in [2.75, 3.05) is 13.1 Å². The van der Waals surface area contributed by atoms with Crippen LogP contribution in [0.5, 0.6) is 11.5 Å². The molecule has 6 nitrogen and oxygen atoms in total. The molecule has 0 aliphatic carbocycles. The van der Waals surface area contributed by atoms with Crippen LogP contribution in [0.2, 0.25) is 0 Å². The van der Waals surface area contributed by atoms with Gasteiger partial charge in [0.05, 0.1) is 12.8 Å². The van der Waals surface area contributed by atoms with E-state index in [0.29, 0.717) is 19.0 Å². The fraction of sp³-hybridized carbons (Fsp3) is 0.417. The molecular formula is C24H32N2O4. The van der Waals surface area contributed by atoms with E-state index in [1.165, 1.54) is 0 Å². The van der Waals surface area contributed by atoms with Gasteiger partial charge in [-0.15, -0.1) is 0 Å². The summed E-state index contributed by atoms with van der Waals surface area (Å²) in [4.78, 5) is 27.1. The highest BCUT2D eigenvalue weighted by molar-refractivity contribution is 5.80. The number of carbonyl (C=O) groups excluding carboxylic acids is 2. The summed E-state index contributed by atoms with van der Waals surface area (Å²) >= 11 is 0. The molecular weight excluding hydrogens is 380 g/mol. The number of rotatable bonds is 10. The number of amides is 2. The molecule has 162 valence electrons. The minimum absolute atomic E-state index is 0.0425. The third-order valence-electron chi connectivity index (χ3n) is 4.84. The molecule has 0 saturated carbocycles. The molecule has 0 saturated heterocycles. The zero-order valence-electron chi connectivity index (χ0n) is 18.0. The van der Waals surface area contributed by atoms with Crippen LogP contribution in [0.25, 0.3) is 0 Å². The van der Waals surface area contributed by atoms with E-state index in [9.17, 15) is 19.8 Å². The van der Waals surface area contributed by atoms with Crippen LogP contribution < -0.4 is 5.32 Å². The van der Waals surface area contributed by atoms with Crippen LogP contribution in [0.1, 0.15) is 38.3 Å². The summed E-state index contributed by atoms with van der Waals surface area (Å²) in [6, 6.07) is 13.2. The number of hydrogen-bond donors (Lipinski definition) is 3. The van der Waals surface area contributed by atoms with Crippen molar-refractivity contribution in [2.24, 2.45) is 5.92 Å². The maximum Gasteiger partial charge on any atom is 0.227 e. The lowest BCUT2D eigenvalue weighted by molar-refractivity contribution is -0.131. The van der Waals surface area contributed by atoms with Gasteiger partial charge in [0.2, 0.25) is 11.8 Å². The molecule has 0 bridgehead atoms. The molecule has 0 heterocycles. The summed E-state index contributed by atoms with van der Waals surface area (Å²) in [5.41, 5.74) is 1.50. The smallest absolute Gasteiger partial charge is 0.227 e. The number of nitrogens with one attached hydrogen (secondary N) is 1. The van der Waals surface area contributed by atoms with Gasteiger partial charge in [-0.05, 0) is 54.7 Å². The van der Waals surface area contributed by atoms with Crippen molar-refractivity contribution < 1.29 is 19.8 Å². The fourth-order valence-electron chi connectivity index (χ4n) is 3.50. The largest absolute Gasteiger partial charge is 0.508 e. The zero-order valence-corrected chi connectivity index (χ0v) is 18.0. The molecule has 0 aliphatic heterocycles. The van der Waals surface area contributed by atoms with Crippen molar-refractivity contribution in [3.63, 3.8) is 0 Å². The number of carbonyl (C=O) groups is 2. The van der Waals surface area contributed by atoms with E-state index in [0.717, 1.165) is 17.5 Å². The van der Waals surface area contributed by atoms with Gasteiger partial charge in [0.25, 0.3) is 0 Å². The Kier molecular flexibility index (Phi) is 8.71. The zero-order chi connectivity index (χ0) is 22.1. The molecule has 3 N–H and O–H groups in total. The molecule has 2 aromatic rings. The topological polar surface area (TPSA) is 89.9 Å². The Labute approximate surface area is 178 Å². The van der Waals surface area contributed by atoms with Gasteiger partial charge in [0.1, 0.15) is 11.5 Å². The van der Waals surface area contributed by atoms with Crippen molar-refractivity contribution in [1.29, 1.82) is 0 Å². The summed E-state index contributed by atoms with van der Waals surface area (Å²) in [6.45, 7) is 7.05. The van der Waals surface area contributed by atoms with Crippen LogP contribution >= 0.6 is 0 Å². The number of likely N-dealkylation sites (N-methyl/N-ethyl adjacent to an activating group) is 1. The molecule has 30 heavy (non-hydrogen) atoms. The highest BCUT2D eigenvalue weighted by Gasteiger charge is 2.21. The van der Waals surface area contributed by atoms with Gasteiger partial charge in [-0.1, -0.05) is 38.1 Å². The molecule has 0 aromatic heterocycles. The van der Waals surface area contributed by atoms with Gasteiger partial charge in [0, 0.05) is 19.1 Å². The predicted molar refractivity (Wildman–Crippen MR) is 117 cm³/mol. The second-order valence-electron chi connectivity index (χ2n) is 8.02. The van der Waals surface area contributed by atoms with Gasteiger partial charge in [-0.3, -0.25) is 9.59 Å². The average molecular weight is 413 g/mol. The molecule has 6 heteroatoms. The molecule has 0 radical (unpaired) electrons. The number of benzene rings is 2. The maximum atomic E-state index is 12.8. The van der Waals surface area contributed by atoms with Crippen molar-refractivity contribution in [1.82, 2.24) is 10.2 Å². The Morgan fingerprint density at radius 3 is 2.03 bits per heavy atom. The van der Waals surface area contributed by atoms with Gasteiger partial charge in [0.15, 0.2) is 0 Å². The number of phenols is 2. The first-order valence-electron chi connectivity index (χ1n) is 10.4. The molecule has 1 atom stereocenters. The molecule has 0 aliphatic rings. The summed E-state index contributed by atoms with van der Waals surface area (Å²) in [5.74, 6) is 0.451. The van der Waals surface area contributed by atoms with Crippen LogP contribution in [-0.2, 0) is 22.4 Å². The van der Waals surface area contributed by atoms with E-state index in [1.807, 2.05) is 13.0 Å². The minimum Gasteiger partial charge on any atom is -0.508 e. The van der Waals surface area contributed by atoms with Gasteiger partial charge in [-0.2, -0.15) is 0 Å². The second-order valence-corrected chi connectivity index (χ2v) is 8.02. The lowest BCUT2D eigenvalue weighted by Crippen LogP contribution is -2.47. The first kappa shape index (κ1) is 23.3. The van der Waals surface area contributed by atoms with Gasteiger partial charge >= 0.3 is 0 Å². The van der Waals surface area contributed by atoms with E-state index >= 15 is 0 Å². The molecule has 0 fully saturated rings. The Balaban J connectivity index is 2.01. The summed E-state index contributed by atoms with van der Waals surface area (Å²) < 4.78 is 0. The van der Waals surface area contributed by atoms with Crippen LogP contribution in [0.3, 0.4) is 0 Å². The number of phenolic OH excluding ortho intramolecular Hbond substituents is 2. The number of nitrogens with zero attached hydrogens (tertiary/aromatic N) is 1. The SMILES string of the molecule is CCN(C[C@H](CC(C)C)NC(=O)Cc1cccc(O)c1)C(=O)Cc1cccc(O)c1. The van der Waals surface area contributed by atoms with Crippen LogP contribution in [-0.4, -0.2) is 46.1 Å². The standard InChI is InChI=1S/C24H32N2O4/c1-4-26(24(30)15-19-8-6-10-22(28)13-19)16-20(11-17(2)3)25-23(29)14-18-7-5-9-21(27)12-18/h5-10,12-13,17,20,27-28H,4,11,14-16H2,1-3H3,(H,25,29)/t20-/m0/s1. The average Bonchev–Trinajstić information content (AvgIpc) is 2.65. The summed E-state index contributed by atoms with van der Waals surface area (Å²) in [5, 5.41) is 22.3. The normalized spacial score (nSPS) is 11.9. The molecule has 2 rings (SSSR count). The predicted octanol–water partition coefficient (Wildman–Crippen LogP) is 3.26. The summed E-state index contributed by atoms with van der Waals surface area (Å²) in [7, 11) is 0. The Morgan fingerprint density at radius 2 is 1.53 bits per heavy atom. The number of aromatic hydroxyl groups is 2. The second kappa shape index (κ2) is 11.2. The van der Waals surface area contributed by atoms with Crippen LogP contribution in [0.4, 0.5) is 0 Å². The van der Waals surface area contributed by atoms with E-state index in [1.54, 1.807) is 47.4 Å². The first-order valence-corrected chi connectivity index (χ1v) is 10.4. The summed E-state index contributed by atoms with van der Waals surface area (Å²) in [6.07, 6.45) is 1.13. The highest BCUT2D eigenvalue weighted by Crippen LogP contribution is 2.14. The van der Waals surface area contributed by atoms with E-state index in [2.05, 4.69) is 19.2 Å². The van der Waals surface area contributed by atoms with Crippen molar-refractivity contribution in [3.8, 4) is 11.5 Å². The molecule has 0 spiro atoms. The van der Waals surface area contributed by atoms with Gasteiger partial charge in [-0.25, -0.2) is 0 Å². The van der Waals surface area contributed by atoms with Crippen LogP contribution in [0.15, 0.2) is 48.5 Å². The van der Waals surface area contributed by atoms with E-state index in [4.69, 9.17) is 0 Å². The number of hydrogen-bond acceptors (Lipinski definition) is 4. The quantitative estimate of drug-likeness (QED) is 0.559. The lowest BCUT2D eigenvalue weighted by atomic mass is 10.0. The van der Waals surface area contributed by atoms with Crippen molar-refractivity contribution in [3.05, 3.63) is 59.7 Å². The fourth-order valence-corrected chi connectivity index (χ4v) is 3.50. The van der Waals surface area contributed by atoms with Gasteiger partial charge < -0.3 is 20.4 Å². The van der Waals surface area contributed by atoms with Crippen LogP contribution in [0, 0.1) is 5.92 Å². The van der Waals surface area contributed by atoms with E-state index < -0.39 is 0 Å². The van der Waals surface area contributed by atoms with E-state index in [-0.39, 0.29) is 42.2 Å². The maximum absolute atomic E-state index is 12.8. The van der Waals surface area contributed by atoms with Crippen molar-refractivity contribution >= 4 is 11.8 Å². The third kappa shape index (κ3) is 7.78. The minimum atomic E-state index is -0.164. The van der Waals surface area contributed by atoms with Crippen molar-refractivity contribution in [2.45, 2.75) is 46.1 Å². The lowest BCUT2D eigenvalue weighted by Gasteiger charge is -2.28. The third-order valence-corrected chi connectivity index (χ3v) is 4.84. The molecule has 0 unspecified atom stereocenters. The first-order chi connectivity index (χ1) is 14.3. The highest BCUT2D eigenvalue weighted by atomic mass is 16.3. The Hall–Kier alpha value is -3.02. The Morgan fingerprint density at radius 1 is 0.967 bits per heavy atom. The monoisotopic (exact) mass is 412 g/mol.